The van der Waals surface area contributed by atoms with Crippen molar-refractivity contribution in [1.29, 1.82) is 0 Å². The van der Waals surface area contributed by atoms with E-state index in [2.05, 4.69) is 32.5 Å². The molecule has 0 radical (unpaired) electrons. The van der Waals surface area contributed by atoms with E-state index in [1.165, 1.54) is 0 Å². The van der Waals surface area contributed by atoms with Crippen LogP contribution in [0.3, 0.4) is 0 Å². The summed E-state index contributed by atoms with van der Waals surface area (Å²) >= 11 is -1.80. The standard InChI is InChI=1S/C18H25N7O3S/c1-3-28-16-14(13-8-19-20-9-13)4-7-25-17(16)22-18(23-25)21-15-5-6-24(10-12(15)2)11-29(26)27/h4,7-9,12,15H,3,5-6,10-11H2,1-2H3,(H,19,20)(H,21,23)(H,26,27)/t12-,15+/m1/s1. The normalized spacial score (nSPS) is 21.3. The van der Waals surface area contributed by atoms with Gasteiger partial charge in [-0.15, -0.1) is 5.10 Å². The van der Waals surface area contributed by atoms with E-state index in [0.717, 1.165) is 30.6 Å². The molecule has 3 N–H and O–H groups in total. The smallest absolute Gasteiger partial charge is 0.243 e. The number of fused-ring (bicyclic) bond motifs is 1. The van der Waals surface area contributed by atoms with Crippen LogP contribution >= 0.6 is 0 Å². The first-order valence-corrected chi connectivity index (χ1v) is 10.9. The molecular weight excluding hydrogens is 394 g/mol. The highest BCUT2D eigenvalue weighted by Crippen LogP contribution is 2.33. The van der Waals surface area contributed by atoms with Crippen molar-refractivity contribution in [2.45, 2.75) is 26.3 Å². The van der Waals surface area contributed by atoms with Crippen molar-refractivity contribution in [1.82, 2.24) is 29.7 Å². The molecule has 1 unspecified atom stereocenters. The van der Waals surface area contributed by atoms with Crippen molar-refractivity contribution in [2.24, 2.45) is 5.92 Å². The molecule has 4 heterocycles. The van der Waals surface area contributed by atoms with Gasteiger partial charge >= 0.3 is 0 Å². The Morgan fingerprint density at radius 1 is 1.48 bits per heavy atom. The zero-order valence-corrected chi connectivity index (χ0v) is 17.2. The van der Waals surface area contributed by atoms with Gasteiger partial charge < -0.3 is 14.6 Å². The highest BCUT2D eigenvalue weighted by molar-refractivity contribution is 7.79. The molecule has 1 saturated heterocycles. The van der Waals surface area contributed by atoms with Gasteiger partial charge in [-0.05, 0) is 25.3 Å². The van der Waals surface area contributed by atoms with Crippen LogP contribution in [0.5, 0.6) is 5.75 Å². The van der Waals surface area contributed by atoms with Crippen LogP contribution in [-0.4, -0.2) is 70.1 Å². The average Bonchev–Trinajstić information content (AvgIpc) is 3.33. The number of piperidine rings is 1. The van der Waals surface area contributed by atoms with Gasteiger partial charge in [-0.3, -0.25) is 10.00 Å². The molecule has 3 aromatic rings. The van der Waals surface area contributed by atoms with E-state index >= 15 is 0 Å². The van der Waals surface area contributed by atoms with Crippen LogP contribution in [0.2, 0.25) is 0 Å². The Morgan fingerprint density at radius 3 is 3.03 bits per heavy atom. The van der Waals surface area contributed by atoms with Gasteiger partial charge in [0.25, 0.3) is 0 Å². The summed E-state index contributed by atoms with van der Waals surface area (Å²) in [4.78, 5) is 6.70. The maximum atomic E-state index is 11.1. The minimum atomic E-state index is -1.80. The molecule has 1 aliphatic heterocycles. The lowest BCUT2D eigenvalue weighted by molar-refractivity contribution is 0.194. The number of aromatic nitrogens is 5. The molecule has 0 bridgehead atoms. The quantitative estimate of drug-likeness (QED) is 0.496. The predicted octanol–water partition coefficient (Wildman–Crippen LogP) is 1.82. The van der Waals surface area contributed by atoms with Crippen LogP contribution in [0.4, 0.5) is 5.95 Å². The Kier molecular flexibility index (Phi) is 5.79. The number of likely N-dealkylation sites (tertiary alicyclic amines) is 1. The number of H-pyrrole nitrogens is 1. The van der Waals surface area contributed by atoms with E-state index < -0.39 is 11.1 Å². The zero-order valence-electron chi connectivity index (χ0n) is 16.4. The van der Waals surface area contributed by atoms with Gasteiger partial charge in [-0.1, -0.05) is 6.92 Å². The van der Waals surface area contributed by atoms with Crippen molar-refractivity contribution in [2.75, 3.05) is 30.9 Å². The maximum absolute atomic E-state index is 11.1. The van der Waals surface area contributed by atoms with Crippen LogP contribution < -0.4 is 10.1 Å². The van der Waals surface area contributed by atoms with Crippen molar-refractivity contribution < 1.29 is 13.5 Å². The Morgan fingerprint density at radius 2 is 2.34 bits per heavy atom. The highest BCUT2D eigenvalue weighted by Gasteiger charge is 2.28. The zero-order chi connectivity index (χ0) is 20.4. The minimum Gasteiger partial charge on any atom is -0.489 e. The van der Waals surface area contributed by atoms with E-state index in [0.29, 0.717) is 29.9 Å². The second-order valence-corrected chi connectivity index (χ2v) is 8.13. The number of ether oxygens (including phenoxy) is 1. The molecule has 4 rings (SSSR count). The number of anilines is 1. The monoisotopic (exact) mass is 419 g/mol. The Labute approximate surface area is 170 Å². The lowest BCUT2D eigenvalue weighted by Gasteiger charge is -2.36. The first-order chi connectivity index (χ1) is 14.0. The summed E-state index contributed by atoms with van der Waals surface area (Å²) in [5, 5.41) is 14.8. The summed E-state index contributed by atoms with van der Waals surface area (Å²) in [5.41, 5.74) is 2.48. The first-order valence-electron chi connectivity index (χ1n) is 9.62. The second kappa shape index (κ2) is 8.47. The molecule has 0 saturated carbocycles. The molecule has 0 aliphatic carbocycles. The Bertz CT molecular complexity index is 991. The highest BCUT2D eigenvalue weighted by atomic mass is 32.2. The molecule has 1 aliphatic rings. The van der Waals surface area contributed by atoms with Gasteiger partial charge in [-0.25, -0.2) is 8.72 Å². The minimum absolute atomic E-state index is 0.193. The molecule has 3 atom stereocenters. The van der Waals surface area contributed by atoms with E-state index in [-0.39, 0.29) is 11.9 Å². The van der Waals surface area contributed by atoms with Gasteiger partial charge in [0.1, 0.15) is 5.88 Å². The topological polar surface area (TPSA) is 121 Å². The summed E-state index contributed by atoms with van der Waals surface area (Å²) < 4.78 is 27.8. The largest absolute Gasteiger partial charge is 0.489 e. The first kappa shape index (κ1) is 19.8. The summed E-state index contributed by atoms with van der Waals surface area (Å²) in [6.07, 6.45) is 6.28. The Balaban J connectivity index is 1.56. The maximum Gasteiger partial charge on any atom is 0.243 e. The van der Waals surface area contributed by atoms with E-state index in [1.54, 1.807) is 10.7 Å². The number of nitrogens with zero attached hydrogens (tertiary/aromatic N) is 5. The Hall–Kier alpha value is -2.50. The molecule has 11 heteroatoms. The van der Waals surface area contributed by atoms with Gasteiger partial charge in [0.2, 0.25) is 5.95 Å². The number of aromatic amines is 1. The van der Waals surface area contributed by atoms with E-state index in [4.69, 9.17) is 9.29 Å². The average molecular weight is 420 g/mol. The van der Waals surface area contributed by atoms with Gasteiger partial charge in [0, 0.05) is 42.7 Å². The van der Waals surface area contributed by atoms with Crippen LogP contribution in [0, 0.1) is 5.92 Å². The van der Waals surface area contributed by atoms with Crippen molar-refractivity contribution in [3.8, 4) is 16.9 Å². The van der Waals surface area contributed by atoms with E-state index in [1.807, 2.05) is 30.3 Å². The molecular formula is C18H25N7O3S. The van der Waals surface area contributed by atoms with Crippen molar-refractivity contribution in [3.05, 3.63) is 24.7 Å². The fourth-order valence-corrected chi connectivity index (χ4v) is 4.33. The summed E-state index contributed by atoms with van der Waals surface area (Å²) in [6.45, 7) is 6.10. The predicted molar refractivity (Wildman–Crippen MR) is 110 cm³/mol. The number of hydrogen-bond acceptors (Lipinski definition) is 7. The summed E-state index contributed by atoms with van der Waals surface area (Å²) in [6, 6.07) is 2.14. The number of rotatable bonds is 7. The molecule has 0 aromatic carbocycles. The third-order valence-electron chi connectivity index (χ3n) is 5.16. The fraction of sp³-hybridized carbons (Fsp3) is 0.500. The second-order valence-electron chi connectivity index (χ2n) is 7.23. The number of pyridine rings is 1. The van der Waals surface area contributed by atoms with Crippen LogP contribution in [0.1, 0.15) is 20.3 Å². The third kappa shape index (κ3) is 4.26. The molecule has 3 aromatic heterocycles. The molecule has 29 heavy (non-hydrogen) atoms. The van der Waals surface area contributed by atoms with Crippen molar-refractivity contribution in [3.63, 3.8) is 0 Å². The summed E-state index contributed by atoms with van der Waals surface area (Å²) in [7, 11) is 0. The SMILES string of the molecule is CCOc1c(-c2cn[nH]c2)ccn2nc(N[C@H]3CCN(CS(=O)O)C[C@H]3C)nc12. The van der Waals surface area contributed by atoms with Crippen LogP contribution in [0.25, 0.3) is 16.8 Å². The molecule has 0 amide bonds. The third-order valence-corrected chi connectivity index (χ3v) is 5.74. The molecule has 10 nitrogen and oxygen atoms in total. The lowest BCUT2D eigenvalue weighted by atomic mass is 9.94. The molecule has 1 fully saturated rings. The lowest BCUT2D eigenvalue weighted by Crippen LogP contribution is -2.46. The summed E-state index contributed by atoms with van der Waals surface area (Å²) in [5.74, 6) is 1.71. The van der Waals surface area contributed by atoms with Gasteiger partial charge in [0.15, 0.2) is 22.5 Å². The number of nitrogens with one attached hydrogen (secondary N) is 2. The van der Waals surface area contributed by atoms with E-state index in [9.17, 15) is 4.21 Å². The van der Waals surface area contributed by atoms with Crippen molar-refractivity contribution >= 4 is 22.7 Å². The van der Waals surface area contributed by atoms with Crippen LogP contribution in [0.15, 0.2) is 24.7 Å². The van der Waals surface area contributed by atoms with Gasteiger partial charge in [0.05, 0.1) is 12.8 Å². The number of hydrogen-bond donors (Lipinski definition) is 3. The molecule has 0 spiro atoms. The van der Waals surface area contributed by atoms with Gasteiger partial charge in [-0.2, -0.15) is 10.1 Å². The fourth-order valence-electron chi connectivity index (χ4n) is 3.78. The van der Waals surface area contributed by atoms with Crippen LogP contribution in [-0.2, 0) is 11.1 Å². The molecule has 156 valence electrons.